The summed E-state index contributed by atoms with van der Waals surface area (Å²) in [5.41, 5.74) is 6.53. The monoisotopic (exact) mass is 412 g/mol. The van der Waals surface area contributed by atoms with Crippen molar-refractivity contribution in [1.82, 2.24) is 15.0 Å². The third-order valence-corrected chi connectivity index (χ3v) is 4.10. The van der Waals surface area contributed by atoms with Crippen molar-refractivity contribution in [2.24, 2.45) is 10.3 Å². The van der Waals surface area contributed by atoms with E-state index in [1.54, 1.807) is 6.92 Å². The van der Waals surface area contributed by atoms with E-state index in [-0.39, 0.29) is 0 Å². The lowest BCUT2D eigenvalue weighted by Gasteiger charge is -2.05. The molecular weight excluding hydrogens is 396 g/mol. The van der Waals surface area contributed by atoms with E-state index in [9.17, 15) is 5.21 Å². The Balaban J connectivity index is 1.98. The van der Waals surface area contributed by atoms with Gasteiger partial charge in [0, 0.05) is 4.47 Å². The molecular formula is C18H17BrN6O. The van der Waals surface area contributed by atoms with E-state index < -0.39 is 0 Å². The van der Waals surface area contributed by atoms with Crippen molar-refractivity contribution in [3.05, 3.63) is 70.5 Å². The van der Waals surface area contributed by atoms with E-state index in [1.165, 1.54) is 4.80 Å². The second kappa shape index (κ2) is 7.92. The van der Waals surface area contributed by atoms with Gasteiger partial charge in [-0.2, -0.15) is 15.0 Å². The van der Waals surface area contributed by atoms with Gasteiger partial charge in [0.1, 0.15) is 17.1 Å². The van der Waals surface area contributed by atoms with E-state index in [0.29, 0.717) is 22.8 Å². The third kappa shape index (κ3) is 3.97. The maximum atomic E-state index is 9.24. The van der Waals surface area contributed by atoms with Crippen LogP contribution in [-0.2, 0) is 0 Å². The fourth-order valence-electron chi connectivity index (χ4n) is 2.31. The molecule has 1 heterocycles. The van der Waals surface area contributed by atoms with E-state index in [0.717, 1.165) is 15.8 Å². The fourth-order valence-corrected chi connectivity index (χ4v) is 2.70. The molecule has 2 aromatic carbocycles. The molecule has 3 aromatic rings. The second-order valence-electron chi connectivity index (χ2n) is 5.53. The van der Waals surface area contributed by atoms with E-state index in [1.807, 2.05) is 61.5 Å². The van der Waals surface area contributed by atoms with E-state index in [2.05, 4.69) is 41.8 Å². The van der Waals surface area contributed by atoms with E-state index in [4.69, 9.17) is 0 Å². The number of para-hydroxylation sites is 1. The van der Waals surface area contributed by atoms with Crippen molar-refractivity contribution in [3.8, 4) is 5.69 Å². The van der Waals surface area contributed by atoms with Gasteiger partial charge in [-0.1, -0.05) is 45.4 Å². The highest BCUT2D eigenvalue weighted by Crippen LogP contribution is 2.16. The molecule has 8 heteroatoms. The van der Waals surface area contributed by atoms with Gasteiger partial charge in [-0.25, -0.2) is 0 Å². The van der Waals surface area contributed by atoms with Gasteiger partial charge in [0.15, 0.2) is 0 Å². The Morgan fingerprint density at radius 2 is 1.88 bits per heavy atom. The summed E-state index contributed by atoms with van der Waals surface area (Å²) in [5, 5.41) is 25.9. The van der Waals surface area contributed by atoms with Gasteiger partial charge < -0.3 is 5.21 Å². The third-order valence-electron chi connectivity index (χ3n) is 3.61. The molecule has 0 aliphatic heterocycles. The largest absolute Gasteiger partial charge is 0.411 e. The van der Waals surface area contributed by atoms with Gasteiger partial charge in [0.25, 0.3) is 0 Å². The number of oxime groups is 1. The first-order chi connectivity index (χ1) is 12.6. The van der Waals surface area contributed by atoms with Crippen molar-refractivity contribution in [2.45, 2.75) is 13.8 Å². The van der Waals surface area contributed by atoms with Gasteiger partial charge in [-0.3, -0.25) is 5.43 Å². The van der Waals surface area contributed by atoms with Crippen LogP contribution >= 0.6 is 15.9 Å². The van der Waals surface area contributed by atoms with Crippen molar-refractivity contribution < 1.29 is 5.21 Å². The lowest BCUT2D eigenvalue weighted by atomic mass is 10.1. The Kier molecular flexibility index (Phi) is 5.43. The van der Waals surface area contributed by atoms with Crippen molar-refractivity contribution in [3.63, 3.8) is 0 Å². The number of hydrogen-bond donors (Lipinski definition) is 2. The van der Waals surface area contributed by atoms with Crippen LogP contribution in [0.3, 0.4) is 0 Å². The first-order valence-electron chi connectivity index (χ1n) is 7.86. The Bertz CT molecular complexity index is 965. The van der Waals surface area contributed by atoms with Crippen LogP contribution in [0.5, 0.6) is 0 Å². The lowest BCUT2D eigenvalue weighted by Crippen LogP contribution is -2.16. The zero-order chi connectivity index (χ0) is 18.5. The Morgan fingerprint density at radius 3 is 2.58 bits per heavy atom. The van der Waals surface area contributed by atoms with Crippen molar-refractivity contribution in [1.29, 1.82) is 0 Å². The number of nitrogens with one attached hydrogen (secondary N) is 1. The summed E-state index contributed by atoms with van der Waals surface area (Å²) >= 11 is 3.42. The number of rotatable bonds is 5. The van der Waals surface area contributed by atoms with Crippen molar-refractivity contribution in [2.75, 3.05) is 5.43 Å². The highest BCUT2D eigenvalue weighted by atomic mass is 79.9. The Hall–Kier alpha value is -3.00. The standard InChI is InChI=1S/C18H17BrN6O/c1-12-18(23-25(22-12)16-9-4-3-5-10-16)17(13(2)24-26)21-20-15-8-6-7-14(19)11-15/h3-11,20,26H,1-2H3/b21-17+,24-13+. The number of benzene rings is 2. The topological polar surface area (TPSA) is 87.7 Å². The maximum Gasteiger partial charge on any atom is 0.138 e. The molecule has 0 saturated heterocycles. The van der Waals surface area contributed by atoms with Gasteiger partial charge in [-0.05, 0) is 44.2 Å². The van der Waals surface area contributed by atoms with Gasteiger partial charge >= 0.3 is 0 Å². The molecule has 0 fully saturated rings. The van der Waals surface area contributed by atoms with Gasteiger partial charge in [-0.15, -0.1) is 5.10 Å². The molecule has 1 aromatic heterocycles. The molecule has 0 aliphatic rings. The van der Waals surface area contributed by atoms with Crippen LogP contribution < -0.4 is 5.43 Å². The predicted octanol–water partition coefficient (Wildman–Crippen LogP) is 4.00. The molecule has 0 amide bonds. The van der Waals surface area contributed by atoms with E-state index >= 15 is 0 Å². The molecule has 132 valence electrons. The Morgan fingerprint density at radius 1 is 1.12 bits per heavy atom. The highest BCUT2D eigenvalue weighted by molar-refractivity contribution is 9.10. The quantitative estimate of drug-likeness (QED) is 0.376. The first-order valence-corrected chi connectivity index (χ1v) is 8.66. The summed E-state index contributed by atoms with van der Waals surface area (Å²) in [6.45, 7) is 3.49. The molecule has 0 saturated carbocycles. The number of aromatic nitrogens is 3. The minimum Gasteiger partial charge on any atom is -0.411 e. The van der Waals surface area contributed by atoms with Gasteiger partial charge in [0.2, 0.25) is 0 Å². The number of hydrazone groups is 1. The number of hydrogen-bond acceptors (Lipinski definition) is 6. The summed E-state index contributed by atoms with van der Waals surface area (Å²) in [5.74, 6) is 0. The average Bonchev–Trinajstić information content (AvgIpc) is 3.04. The molecule has 0 unspecified atom stereocenters. The SMILES string of the molecule is CC(=N\O)/C(=N\Nc1cccc(Br)c1)c1nn(-c2ccccc2)nc1C. The molecule has 3 rings (SSSR count). The molecule has 0 bridgehead atoms. The fraction of sp³-hybridized carbons (Fsp3) is 0.111. The number of nitrogens with zero attached hydrogens (tertiary/aromatic N) is 5. The zero-order valence-electron chi connectivity index (χ0n) is 14.3. The minimum absolute atomic E-state index is 0.329. The molecule has 0 spiro atoms. The summed E-state index contributed by atoms with van der Waals surface area (Å²) in [4.78, 5) is 1.53. The smallest absolute Gasteiger partial charge is 0.138 e. The van der Waals surface area contributed by atoms with Crippen LogP contribution in [-0.4, -0.2) is 31.6 Å². The normalized spacial score (nSPS) is 12.3. The summed E-state index contributed by atoms with van der Waals surface area (Å²) < 4.78 is 0.929. The predicted molar refractivity (Wildman–Crippen MR) is 105 cm³/mol. The molecule has 0 radical (unpaired) electrons. The lowest BCUT2D eigenvalue weighted by molar-refractivity contribution is 0.320. The molecule has 0 atom stereocenters. The Labute approximate surface area is 159 Å². The van der Waals surface area contributed by atoms with Crippen LogP contribution in [0.25, 0.3) is 5.69 Å². The highest BCUT2D eigenvalue weighted by Gasteiger charge is 2.18. The van der Waals surface area contributed by atoms with Crippen LogP contribution in [0.1, 0.15) is 18.3 Å². The van der Waals surface area contributed by atoms with Crippen LogP contribution in [0, 0.1) is 6.92 Å². The molecule has 2 N–H and O–H groups in total. The van der Waals surface area contributed by atoms with Crippen LogP contribution in [0.15, 0.2) is 69.3 Å². The number of anilines is 1. The zero-order valence-corrected chi connectivity index (χ0v) is 15.8. The second-order valence-corrected chi connectivity index (χ2v) is 6.44. The molecule has 0 aliphatic carbocycles. The molecule has 26 heavy (non-hydrogen) atoms. The molecule has 7 nitrogen and oxygen atoms in total. The summed E-state index contributed by atoms with van der Waals surface area (Å²) in [6, 6.07) is 17.2. The number of aryl methyl sites for hydroxylation is 1. The first kappa shape index (κ1) is 17.8. The average molecular weight is 413 g/mol. The van der Waals surface area contributed by atoms with Crippen LogP contribution in [0.2, 0.25) is 0 Å². The minimum atomic E-state index is 0.329. The summed E-state index contributed by atoms with van der Waals surface area (Å²) in [7, 11) is 0. The van der Waals surface area contributed by atoms with Gasteiger partial charge in [0.05, 0.1) is 17.1 Å². The summed E-state index contributed by atoms with van der Waals surface area (Å²) in [6.07, 6.45) is 0. The van der Waals surface area contributed by atoms with Crippen molar-refractivity contribution >= 4 is 33.0 Å². The number of halogens is 1. The maximum absolute atomic E-state index is 9.24. The van der Waals surface area contributed by atoms with Crippen LogP contribution in [0.4, 0.5) is 5.69 Å².